The van der Waals surface area contributed by atoms with Crippen LogP contribution in [-0.4, -0.2) is 19.5 Å². The van der Waals surface area contributed by atoms with Crippen molar-refractivity contribution in [2.24, 2.45) is 4.99 Å². The lowest BCUT2D eigenvalue weighted by molar-refractivity contribution is -0.113. The highest BCUT2D eigenvalue weighted by atomic mass is 35.5. The van der Waals surface area contributed by atoms with E-state index in [0.29, 0.717) is 37.1 Å². The summed E-state index contributed by atoms with van der Waals surface area (Å²) in [6.07, 6.45) is 1.60. The highest BCUT2D eigenvalue weighted by Crippen LogP contribution is 2.39. The molecule has 0 N–H and O–H groups in total. The smallest absolute Gasteiger partial charge is 0.339 e. The van der Waals surface area contributed by atoms with Crippen molar-refractivity contribution in [3.63, 3.8) is 0 Å². The summed E-state index contributed by atoms with van der Waals surface area (Å²) in [7, 11) is -4.09. The number of amides is 1. The zero-order valence-corrected chi connectivity index (χ0v) is 23.6. The van der Waals surface area contributed by atoms with E-state index in [4.69, 9.17) is 27.4 Å². The molecular weight excluding hydrogens is 575 g/mol. The predicted octanol–water partition coefficient (Wildman–Crippen LogP) is 7.88. The van der Waals surface area contributed by atoms with Crippen LogP contribution in [0.5, 0.6) is 5.75 Å². The lowest BCUT2D eigenvalue weighted by Crippen LogP contribution is -2.28. The fraction of sp³-hybridized carbons (Fsp3) is 0.0345. The molecular formula is C29H20Cl2N2O4S2. The quantitative estimate of drug-likeness (QED) is 0.168. The molecule has 0 bridgehead atoms. The zero-order valence-electron chi connectivity index (χ0n) is 20.4. The minimum Gasteiger partial charge on any atom is -0.378 e. The van der Waals surface area contributed by atoms with Gasteiger partial charge in [-0.3, -0.25) is 9.69 Å². The Hall–Kier alpha value is -3.56. The molecule has 1 saturated heterocycles. The average Bonchev–Trinajstić information content (AvgIpc) is 3.21. The monoisotopic (exact) mass is 594 g/mol. The van der Waals surface area contributed by atoms with E-state index in [0.717, 1.165) is 17.3 Å². The van der Waals surface area contributed by atoms with Crippen LogP contribution in [0.1, 0.15) is 11.1 Å². The molecule has 10 heteroatoms. The van der Waals surface area contributed by atoms with Crippen molar-refractivity contribution >= 4 is 73.6 Å². The van der Waals surface area contributed by atoms with Gasteiger partial charge in [-0.15, -0.1) is 0 Å². The van der Waals surface area contributed by atoms with E-state index < -0.39 is 10.1 Å². The summed E-state index contributed by atoms with van der Waals surface area (Å²) < 4.78 is 31.4. The molecule has 1 fully saturated rings. The first-order chi connectivity index (χ1) is 18.7. The van der Waals surface area contributed by atoms with Crippen LogP contribution < -0.4 is 9.08 Å². The standard InChI is InChI=1S/C29H20Cl2N2O4S2/c1-19-6-16-25(17-7-19)39(35,36)37-26-5-3-2-4-20(26)18-27-28(34)33(24-14-10-22(31)11-15-24)29(38-27)32-23-12-8-21(30)9-13-23/h2-18H,1H3/b27-18-,32-29?. The summed E-state index contributed by atoms with van der Waals surface area (Å²) in [5, 5.41) is 1.52. The first kappa shape index (κ1) is 27.0. The maximum Gasteiger partial charge on any atom is 0.339 e. The van der Waals surface area contributed by atoms with Crippen LogP contribution in [0.3, 0.4) is 0 Å². The average molecular weight is 596 g/mol. The Bertz CT molecular complexity index is 1700. The Kier molecular flexibility index (Phi) is 7.81. The Labute approximate surface area is 240 Å². The van der Waals surface area contributed by atoms with Crippen LogP contribution in [0.4, 0.5) is 11.4 Å². The molecule has 4 aromatic rings. The molecule has 0 aromatic heterocycles. The third-order valence-electron chi connectivity index (χ3n) is 5.66. The van der Waals surface area contributed by atoms with Gasteiger partial charge in [0, 0.05) is 15.6 Å². The third-order valence-corrected chi connectivity index (χ3v) is 8.38. The number of benzene rings is 4. The van der Waals surface area contributed by atoms with Gasteiger partial charge in [-0.1, -0.05) is 59.1 Å². The molecule has 0 unspecified atom stereocenters. The Morgan fingerprint density at radius 1 is 0.846 bits per heavy atom. The fourth-order valence-corrected chi connectivity index (χ4v) is 5.88. The summed E-state index contributed by atoms with van der Waals surface area (Å²) >= 11 is 13.2. The van der Waals surface area contributed by atoms with Gasteiger partial charge in [-0.25, -0.2) is 4.99 Å². The van der Waals surface area contributed by atoms with Gasteiger partial charge in [0.15, 0.2) is 5.17 Å². The molecule has 4 aromatic carbocycles. The number of hydrogen-bond acceptors (Lipinski definition) is 6. The van der Waals surface area contributed by atoms with Crippen LogP contribution in [-0.2, 0) is 14.9 Å². The van der Waals surface area contributed by atoms with E-state index in [1.165, 1.54) is 17.0 Å². The minimum absolute atomic E-state index is 0.0353. The van der Waals surface area contributed by atoms with Crippen molar-refractivity contribution in [3.8, 4) is 5.75 Å². The number of aliphatic imine (C=N–C) groups is 1. The van der Waals surface area contributed by atoms with Gasteiger partial charge in [0.1, 0.15) is 10.6 Å². The van der Waals surface area contributed by atoms with E-state index in [1.54, 1.807) is 91.0 Å². The van der Waals surface area contributed by atoms with Crippen molar-refractivity contribution < 1.29 is 17.4 Å². The van der Waals surface area contributed by atoms with E-state index in [1.807, 2.05) is 6.92 Å². The van der Waals surface area contributed by atoms with E-state index in [9.17, 15) is 13.2 Å². The number of anilines is 1. The van der Waals surface area contributed by atoms with Gasteiger partial charge >= 0.3 is 10.1 Å². The van der Waals surface area contributed by atoms with Crippen molar-refractivity contribution in [2.75, 3.05) is 4.90 Å². The van der Waals surface area contributed by atoms with Crippen LogP contribution in [0.25, 0.3) is 6.08 Å². The van der Waals surface area contributed by atoms with E-state index in [2.05, 4.69) is 4.99 Å². The molecule has 0 aliphatic carbocycles. The summed E-state index contributed by atoms with van der Waals surface area (Å²) in [6, 6.07) is 26.8. The number of aryl methyl sites for hydroxylation is 1. The Morgan fingerprint density at radius 3 is 2.13 bits per heavy atom. The zero-order chi connectivity index (χ0) is 27.6. The molecule has 0 saturated carbocycles. The summed E-state index contributed by atoms with van der Waals surface area (Å²) in [5.74, 6) is -0.230. The maximum atomic E-state index is 13.6. The number of carbonyl (C=O) groups excluding carboxylic acids is 1. The number of thioether (sulfide) groups is 1. The summed E-state index contributed by atoms with van der Waals surface area (Å²) in [4.78, 5) is 20.2. The van der Waals surface area contributed by atoms with Crippen LogP contribution in [0.15, 0.2) is 112 Å². The van der Waals surface area contributed by atoms with Gasteiger partial charge in [-0.05, 0) is 91.5 Å². The van der Waals surface area contributed by atoms with Crippen LogP contribution in [0.2, 0.25) is 10.0 Å². The molecule has 5 rings (SSSR count). The first-order valence-electron chi connectivity index (χ1n) is 11.6. The highest BCUT2D eigenvalue weighted by Gasteiger charge is 2.35. The molecule has 1 amide bonds. The number of nitrogens with zero attached hydrogens (tertiary/aromatic N) is 2. The third kappa shape index (κ3) is 6.20. The number of para-hydroxylation sites is 1. The number of amidine groups is 1. The molecule has 0 atom stereocenters. The number of rotatable bonds is 6. The number of hydrogen-bond donors (Lipinski definition) is 0. The highest BCUT2D eigenvalue weighted by molar-refractivity contribution is 8.19. The SMILES string of the molecule is Cc1ccc(S(=O)(=O)Oc2ccccc2/C=C2\SC(=Nc3ccc(Cl)cc3)N(c3ccc(Cl)cc3)C2=O)cc1. The molecule has 196 valence electrons. The lowest BCUT2D eigenvalue weighted by Gasteiger charge is -2.15. The Morgan fingerprint density at radius 2 is 1.46 bits per heavy atom. The summed E-state index contributed by atoms with van der Waals surface area (Å²) in [5.41, 5.74) is 2.55. The number of carbonyl (C=O) groups is 1. The van der Waals surface area contributed by atoms with Crippen LogP contribution >= 0.6 is 35.0 Å². The lowest BCUT2D eigenvalue weighted by atomic mass is 10.2. The molecule has 39 heavy (non-hydrogen) atoms. The Balaban J connectivity index is 1.52. The van der Waals surface area contributed by atoms with Gasteiger partial charge in [0.05, 0.1) is 16.3 Å². The van der Waals surface area contributed by atoms with Crippen molar-refractivity contribution in [3.05, 3.63) is 123 Å². The molecule has 6 nitrogen and oxygen atoms in total. The molecule has 1 aliphatic rings. The van der Waals surface area contributed by atoms with Crippen molar-refractivity contribution in [1.82, 2.24) is 0 Å². The van der Waals surface area contributed by atoms with Gasteiger partial charge in [0.2, 0.25) is 0 Å². The first-order valence-corrected chi connectivity index (χ1v) is 14.6. The summed E-state index contributed by atoms with van der Waals surface area (Å²) in [6.45, 7) is 1.87. The van der Waals surface area contributed by atoms with E-state index >= 15 is 0 Å². The minimum atomic E-state index is -4.09. The fourth-order valence-electron chi connectivity index (χ4n) is 3.68. The maximum absolute atomic E-state index is 13.6. The second-order valence-corrected chi connectivity index (χ2v) is 11.9. The normalized spacial score (nSPS) is 15.8. The molecule has 1 heterocycles. The second kappa shape index (κ2) is 11.3. The molecule has 1 aliphatic heterocycles. The topological polar surface area (TPSA) is 76.0 Å². The number of halogens is 2. The van der Waals surface area contributed by atoms with Gasteiger partial charge < -0.3 is 4.18 Å². The van der Waals surface area contributed by atoms with Crippen molar-refractivity contribution in [1.29, 1.82) is 0 Å². The van der Waals surface area contributed by atoms with Gasteiger partial charge in [-0.2, -0.15) is 8.42 Å². The second-order valence-electron chi connectivity index (χ2n) is 8.49. The van der Waals surface area contributed by atoms with Crippen LogP contribution in [0, 0.1) is 6.92 Å². The molecule has 0 radical (unpaired) electrons. The largest absolute Gasteiger partial charge is 0.378 e. The van der Waals surface area contributed by atoms with Gasteiger partial charge in [0.25, 0.3) is 5.91 Å². The van der Waals surface area contributed by atoms with E-state index in [-0.39, 0.29) is 16.6 Å². The predicted molar refractivity (Wildman–Crippen MR) is 158 cm³/mol. The van der Waals surface area contributed by atoms with Crippen molar-refractivity contribution in [2.45, 2.75) is 11.8 Å². The molecule has 0 spiro atoms.